The number of benzene rings is 1. The van der Waals surface area contributed by atoms with Crippen molar-refractivity contribution < 1.29 is 4.39 Å². The molecule has 0 saturated carbocycles. The second-order valence-electron chi connectivity index (χ2n) is 3.84. The van der Waals surface area contributed by atoms with E-state index in [4.69, 9.17) is 17.3 Å². The van der Waals surface area contributed by atoms with E-state index in [0.29, 0.717) is 6.42 Å². The summed E-state index contributed by atoms with van der Waals surface area (Å²) in [6.07, 6.45) is 0.631. The Morgan fingerprint density at radius 1 is 1.53 bits per heavy atom. The summed E-state index contributed by atoms with van der Waals surface area (Å²) in [5.74, 6) is -0.424. The smallest absolute Gasteiger partial charge is 0.141 e. The lowest BCUT2D eigenvalue weighted by molar-refractivity contribution is 0.624. The monoisotopic (exact) mass is 270 g/mol. The lowest BCUT2D eigenvalue weighted by atomic mass is 10.0. The van der Waals surface area contributed by atoms with Crippen molar-refractivity contribution in [3.63, 3.8) is 0 Å². The Labute approximate surface area is 108 Å². The summed E-state index contributed by atoms with van der Waals surface area (Å²) < 4.78 is 13.0. The minimum absolute atomic E-state index is 0.104. The molecule has 1 unspecified atom stereocenters. The van der Waals surface area contributed by atoms with Crippen LogP contribution in [0.15, 0.2) is 23.6 Å². The van der Waals surface area contributed by atoms with Crippen LogP contribution < -0.4 is 5.73 Å². The van der Waals surface area contributed by atoms with Gasteiger partial charge in [0.2, 0.25) is 0 Å². The molecule has 90 valence electrons. The van der Waals surface area contributed by atoms with E-state index in [1.54, 1.807) is 23.5 Å². The summed E-state index contributed by atoms with van der Waals surface area (Å²) >= 11 is 7.32. The Morgan fingerprint density at radius 2 is 2.29 bits per heavy atom. The van der Waals surface area contributed by atoms with Crippen LogP contribution in [-0.4, -0.2) is 4.98 Å². The maximum Gasteiger partial charge on any atom is 0.141 e. The summed E-state index contributed by atoms with van der Waals surface area (Å²) in [4.78, 5) is 4.35. The van der Waals surface area contributed by atoms with Crippen LogP contribution in [-0.2, 0) is 6.42 Å². The van der Waals surface area contributed by atoms with Crippen LogP contribution in [0.25, 0.3) is 0 Å². The van der Waals surface area contributed by atoms with Gasteiger partial charge >= 0.3 is 0 Å². The molecule has 0 spiro atoms. The molecule has 0 fully saturated rings. The largest absolute Gasteiger partial charge is 0.324 e. The number of rotatable bonds is 3. The average Bonchev–Trinajstić information content (AvgIpc) is 2.68. The molecule has 2 nitrogen and oxygen atoms in total. The molecule has 0 bridgehead atoms. The first-order valence-corrected chi connectivity index (χ1v) is 6.43. The van der Waals surface area contributed by atoms with Crippen molar-refractivity contribution in [2.45, 2.75) is 19.4 Å². The van der Waals surface area contributed by atoms with Crippen LogP contribution in [0, 0.1) is 12.7 Å². The molecule has 17 heavy (non-hydrogen) atoms. The fourth-order valence-electron chi connectivity index (χ4n) is 1.59. The minimum atomic E-state index is -0.424. The van der Waals surface area contributed by atoms with E-state index in [2.05, 4.69) is 4.98 Å². The molecule has 2 rings (SSSR count). The molecule has 0 saturated heterocycles. The standard InChI is InChI=1S/C12H12ClFN2S/c1-7-16-9(6-17-7)5-12(15)8-2-3-11(14)10(13)4-8/h2-4,6,12H,5,15H2,1H3. The lowest BCUT2D eigenvalue weighted by Crippen LogP contribution is -2.13. The van der Waals surface area contributed by atoms with Crippen LogP contribution in [0.1, 0.15) is 22.3 Å². The number of aryl methyl sites for hydroxylation is 1. The number of thiazole rings is 1. The van der Waals surface area contributed by atoms with Crippen molar-refractivity contribution in [3.8, 4) is 0 Å². The van der Waals surface area contributed by atoms with Crippen molar-refractivity contribution in [1.29, 1.82) is 0 Å². The molecule has 0 amide bonds. The zero-order valence-electron chi connectivity index (χ0n) is 9.28. The van der Waals surface area contributed by atoms with Gasteiger partial charge in [0.15, 0.2) is 0 Å². The Bertz CT molecular complexity index is 527. The molecule has 1 aromatic heterocycles. The van der Waals surface area contributed by atoms with Gasteiger partial charge in [-0.2, -0.15) is 0 Å². The maximum atomic E-state index is 13.0. The first kappa shape index (κ1) is 12.5. The molecule has 1 atom stereocenters. The topological polar surface area (TPSA) is 38.9 Å². The van der Waals surface area contributed by atoms with Gasteiger partial charge in [0.25, 0.3) is 0 Å². The van der Waals surface area contributed by atoms with E-state index in [9.17, 15) is 4.39 Å². The Hall–Kier alpha value is -0.970. The normalized spacial score (nSPS) is 12.7. The van der Waals surface area contributed by atoms with E-state index in [0.717, 1.165) is 16.3 Å². The summed E-state index contributed by atoms with van der Waals surface area (Å²) in [5.41, 5.74) is 7.82. The Morgan fingerprint density at radius 3 is 2.88 bits per heavy atom. The van der Waals surface area contributed by atoms with Gasteiger partial charge in [-0.05, 0) is 24.6 Å². The van der Waals surface area contributed by atoms with Crippen LogP contribution >= 0.6 is 22.9 Å². The molecule has 5 heteroatoms. The van der Waals surface area contributed by atoms with Crippen molar-refractivity contribution in [1.82, 2.24) is 4.98 Å². The Kier molecular flexibility index (Phi) is 3.76. The fraction of sp³-hybridized carbons (Fsp3) is 0.250. The van der Waals surface area contributed by atoms with Crippen molar-refractivity contribution in [2.24, 2.45) is 5.73 Å². The zero-order valence-corrected chi connectivity index (χ0v) is 10.9. The predicted molar refractivity (Wildman–Crippen MR) is 68.9 cm³/mol. The summed E-state index contributed by atoms with van der Waals surface area (Å²) in [5, 5.41) is 3.11. The first-order valence-electron chi connectivity index (χ1n) is 5.18. The molecular formula is C12H12ClFN2S. The third kappa shape index (κ3) is 3.03. The van der Waals surface area contributed by atoms with E-state index >= 15 is 0 Å². The highest BCUT2D eigenvalue weighted by Gasteiger charge is 2.11. The van der Waals surface area contributed by atoms with Crippen molar-refractivity contribution >= 4 is 22.9 Å². The van der Waals surface area contributed by atoms with Gasteiger partial charge in [-0.15, -0.1) is 11.3 Å². The predicted octanol–water partition coefficient (Wildman–Crippen LogP) is 3.49. The van der Waals surface area contributed by atoms with Crippen LogP contribution in [0.4, 0.5) is 4.39 Å². The highest BCUT2D eigenvalue weighted by molar-refractivity contribution is 7.09. The molecule has 0 radical (unpaired) electrons. The molecule has 0 aliphatic rings. The van der Waals surface area contributed by atoms with Gasteiger partial charge < -0.3 is 5.73 Å². The molecular weight excluding hydrogens is 259 g/mol. The maximum absolute atomic E-state index is 13.0. The highest BCUT2D eigenvalue weighted by atomic mass is 35.5. The second-order valence-corrected chi connectivity index (χ2v) is 5.31. The minimum Gasteiger partial charge on any atom is -0.324 e. The van der Waals surface area contributed by atoms with Gasteiger partial charge in [-0.1, -0.05) is 17.7 Å². The van der Waals surface area contributed by atoms with E-state index in [1.165, 1.54) is 6.07 Å². The lowest BCUT2D eigenvalue weighted by Gasteiger charge is -2.11. The first-order chi connectivity index (χ1) is 8.06. The SMILES string of the molecule is Cc1nc(CC(N)c2ccc(F)c(Cl)c2)cs1. The molecule has 1 aromatic carbocycles. The number of halogens is 2. The highest BCUT2D eigenvalue weighted by Crippen LogP contribution is 2.22. The van der Waals surface area contributed by atoms with Crippen molar-refractivity contribution in [3.05, 3.63) is 50.7 Å². The number of nitrogens with zero attached hydrogens (tertiary/aromatic N) is 1. The second kappa shape index (κ2) is 5.12. The quantitative estimate of drug-likeness (QED) is 0.927. The summed E-state index contributed by atoms with van der Waals surface area (Å²) in [7, 11) is 0. The fourth-order valence-corrected chi connectivity index (χ4v) is 2.40. The Balaban J connectivity index is 2.14. The molecule has 0 aliphatic heterocycles. The zero-order chi connectivity index (χ0) is 12.4. The molecule has 2 N–H and O–H groups in total. The number of nitrogens with two attached hydrogens (primary N) is 1. The number of hydrogen-bond acceptors (Lipinski definition) is 3. The van der Waals surface area contributed by atoms with Gasteiger partial charge in [-0.3, -0.25) is 0 Å². The third-order valence-corrected chi connectivity index (χ3v) is 3.58. The van der Waals surface area contributed by atoms with Crippen LogP contribution in [0.5, 0.6) is 0 Å². The number of aromatic nitrogens is 1. The van der Waals surface area contributed by atoms with Gasteiger partial charge in [0, 0.05) is 17.8 Å². The van der Waals surface area contributed by atoms with E-state index in [1.807, 2.05) is 12.3 Å². The van der Waals surface area contributed by atoms with Gasteiger partial charge in [0.1, 0.15) is 5.82 Å². The third-order valence-electron chi connectivity index (χ3n) is 2.47. The van der Waals surface area contributed by atoms with Crippen molar-refractivity contribution in [2.75, 3.05) is 0 Å². The molecule has 1 heterocycles. The van der Waals surface area contributed by atoms with E-state index in [-0.39, 0.29) is 11.1 Å². The van der Waals surface area contributed by atoms with Crippen LogP contribution in [0.3, 0.4) is 0 Å². The summed E-state index contributed by atoms with van der Waals surface area (Å²) in [6.45, 7) is 1.95. The van der Waals surface area contributed by atoms with Gasteiger partial charge in [-0.25, -0.2) is 9.37 Å². The summed E-state index contributed by atoms with van der Waals surface area (Å²) in [6, 6.07) is 4.35. The average molecular weight is 271 g/mol. The number of hydrogen-bond donors (Lipinski definition) is 1. The molecule has 0 aliphatic carbocycles. The molecule has 2 aromatic rings. The van der Waals surface area contributed by atoms with Gasteiger partial charge in [0.05, 0.1) is 15.7 Å². The van der Waals surface area contributed by atoms with Crippen LogP contribution in [0.2, 0.25) is 5.02 Å². The van der Waals surface area contributed by atoms with E-state index < -0.39 is 5.82 Å².